The zero-order valence-corrected chi connectivity index (χ0v) is 28.8. The summed E-state index contributed by atoms with van der Waals surface area (Å²) in [4.78, 5) is 23.6. The molecule has 10 nitrogen and oxygen atoms in total. The second kappa shape index (κ2) is 17.0. The molecular weight excluding hydrogens is 701 g/mol. The van der Waals surface area contributed by atoms with Gasteiger partial charge in [0.05, 0.1) is 17.6 Å². The van der Waals surface area contributed by atoms with Gasteiger partial charge in [0.1, 0.15) is 11.5 Å². The first-order valence-corrected chi connectivity index (χ1v) is 18.2. The average Bonchev–Trinajstić information content (AvgIpc) is 3.60. The third-order valence-electron chi connectivity index (χ3n) is 8.66. The number of amides is 1. The molecule has 1 atom stereocenters. The molecule has 0 spiro atoms. The summed E-state index contributed by atoms with van der Waals surface area (Å²) >= 11 is 0. The summed E-state index contributed by atoms with van der Waals surface area (Å²) in [6, 6.07) is 12.5. The number of benzene rings is 3. The van der Waals surface area contributed by atoms with Crippen molar-refractivity contribution in [2.45, 2.75) is 93.5 Å². The highest BCUT2D eigenvalue weighted by molar-refractivity contribution is 7.89. The molecule has 1 heterocycles. The number of unbranched alkanes of at least 4 members (excludes halogenated alkanes) is 1. The quantitative estimate of drug-likeness (QED) is 0.143. The van der Waals surface area contributed by atoms with Crippen molar-refractivity contribution in [1.82, 2.24) is 9.62 Å². The van der Waals surface area contributed by atoms with Gasteiger partial charge in [-0.2, -0.15) is 26.7 Å². The molecule has 3 aromatic rings. The van der Waals surface area contributed by atoms with Crippen molar-refractivity contribution < 1.29 is 54.5 Å². The molecule has 2 aliphatic rings. The van der Waals surface area contributed by atoms with Crippen LogP contribution in [0.5, 0.6) is 11.5 Å². The largest absolute Gasteiger partial charge is 0.494 e. The van der Waals surface area contributed by atoms with E-state index < -0.39 is 45.6 Å². The number of aliphatic carboxylic acids is 1. The van der Waals surface area contributed by atoms with Crippen molar-refractivity contribution in [3.05, 3.63) is 66.2 Å². The number of rotatable bonds is 12. The van der Waals surface area contributed by atoms with Gasteiger partial charge in [-0.05, 0) is 92.1 Å². The number of hydrogen-bond donors (Lipinski definition) is 3. The van der Waals surface area contributed by atoms with Gasteiger partial charge >= 0.3 is 12.1 Å². The highest BCUT2D eigenvalue weighted by Crippen LogP contribution is 2.36. The second-order valence-electron chi connectivity index (χ2n) is 12.6. The van der Waals surface area contributed by atoms with Crippen LogP contribution in [0.1, 0.15) is 63.9 Å². The molecule has 1 saturated carbocycles. The van der Waals surface area contributed by atoms with Crippen LogP contribution in [0.3, 0.4) is 0 Å². The van der Waals surface area contributed by atoms with E-state index in [1.54, 1.807) is 24.3 Å². The third-order valence-corrected chi connectivity index (χ3v) is 10.1. The van der Waals surface area contributed by atoms with Crippen molar-refractivity contribution in [3.63, 3.8) is 0 Å². The molecule has 4 N–H and O–H groups in total. The summed E-state index contributed by atoms with van der Waals surface area (Å²) in [5.74, 6) is -6.73. The number of ether oxygens (including phenoxy) is 2. The molecule has 0 aromatic heterocycles. The fourth-order valence-corrected chi connectivity index (χ4v) is 6.96. The third kappa shape index (κ3) is 10.7. The fraction of sp³-hybridized carbons (Fsp3) is 0.486. The number of nitrogens with one attached hydrogen (secondary N) is 1. The Labute approximate surface area is 293 Å². The topological polar surface area (TPSA) is 148 Å². The molecule has 2 fully saturated rings. The van der Waals surface area contributed by atoms with Crippen molar-refractivity contribution in [2.24, 2.45) is 5.73 Å². The van der Waals surface area contributed by atoms with Crippen LogP contribution in [0, 0.1) is 0 Å². The summed E-state index contributed by atoms with van der Waals surface area (Å²) in [6.45, 7) is 2.66. The number of likely N-dealkylation sites (tertiary alicyclic amines) is 1. The molecule has 5 rings (SSSR count). The predicted molar refractivity (Wildman–Crippen MR) is 179 cm³/mol. The number of carbonyl (C=O) groups excluding carboxylic acids is 1. The van der Waals surface area contributed by atoms with Crippen LogP contribution in [0.4, 0.5) is 22.0 Å². The van der Waals surface area contributed by atoms with Gasteiger partial charge in [-0.15, -0.1) is 0 Å². The molecule has 1 aliphatic heterocycles. The Hall–Kier alpha value is -4.02. The van der Waals surface area contributed by atoms with Gasteiger partial charge in [0.25, 0.3) is 5.92 Å². The van der Waals surface area contributed by atoms with E-state index in [1.807, 2.05) is 13.0 Å². The Morgan fingerprint density at radius 2 is 1.57 bits per heavy atom. The number of alkyl halides is 5. The molecule has 51 heavy (non-hydrogen) atoms. The van der Waals surface area contributed by atoms with Crippen LogP contribution in [-0.2, 0) is 25.5 Å². The normalized spacial score (nSPS) is 16.7. The van der Waals surface area contributed by atoms with Gasteiger partial charge in [-0.25, -0.2) is 13.2 Å². The van der Waals surface area contributed by atoms with Crippen LogP contribution < -0.4 is 19.9 Å². The van der Waals surface area contributed by atoms with Gasteiger partial charge in [0, 0.05) is 24.7 Å². The molecule has 1 unspecified atom stereocenters. The van der Waals surface area contributed by atoms with E-state index in [2.05, 4.69) is 4.72 Å². The van der Waals surface area contributed by atoms with E-state index in [1.165, 1.54) is 29.2 Å². The van der Waals surface area contributed by atoms with E-state index in [-0.39, 0.29) is 35.9 Å². The number of piperidine rings is 1. The van der Waals surface area contributed by atoms with E-state index in [9.17, 15) is 26.4 Å². The fourth-order valence-electron chi connectivity index (χ4n) is 5.74. The number of carboxylic acid groups (broad SMARTS) is 1. The lowest BCUT2D eigenvalue weighted by Crippen LogP contribution is -2.57. The summed E-state index contributed by atoms with van der Waals surface area (Å²) in [5.41, 5.74) is 5.45. The number of hydrogen-bond acceptors (Lipinski definition) is 7. The number of sulfonamides is 1. The van der Waals surface area contributed by atoms with Crippen LogP contribution in [0.25, 0.3) is 10.8 Å². The van der Waals surface area contributed by atoms with Crippen LogP contribution in [-0.4, -0.2) is 74.4 Å². The van der Waals surface area contributed by atoms with Crippen molar-refractivity contribution in [3.8, 4) is 11.5 Å². The van der Waals surface area contributed by atoms with Crippen molar-refractivity contribution in [1.29, 1.82) is 0 Å². The smallest absolute Gasteiger partial charge is 0.490 e. The van der Waals surface area contributed by atoms with Crippen LogP contribution in [0.15, 0.2) is 65.6 Å². The van der Waals surface area contributed by atoms with Gasteiger partial charge in [-0.3, -0.25) is 4.79 Å². The molecule has 3 aromatic carbocycles. The van der Waals surface area contributed by atoms with Gasteiger partial charge < -0.3 is 25.2 Å². The Morgan fingerprint density at radius 1 is 0.941 bits per heavy atom. The van der Waals surface area contributed by atoms with E-state index in [0.29, 0.717) is 30.6 Å². The zero-order valence-electron chi connectivity index (χ0n) is 28.0. The lowest BCUT2D eigenvalue weighted by molar-refractivity contribution is -0.192. The maximum atomic E-state index is 16.3. The van der Waals surface area contributed by atoms with Crippen molar-refractivity contribution >= 4 is 32.7 Å². The molecule has 0 radical (unpaired) electrons. The summed E-state index contributed by atoms with van der Waals surface area (Å²) in [7, 11) is -4.56. The Kier molecular flexibility index (Phi) is 13.3. The highest BCUT2D eigenvalue weighted by atomic mass is 32.2. The average molecular weight is 744 g/mol. The first kappa shape index (κ1) is 39.8. The molecular formula is C35H42F5N3O7S. The second-order valence-corrected chi connectivity index (χ2v) is 14.3. The first-order valence-electron chi connectivity index (χ1n) is 16.7. The Balaban J connectivity index is 0.000000755. The maximum absolute atomic E-state index is 16.3. The molecule has 280 valence electrons. The maximum Gasteiger partial charge on any atom is 0.490 e. The predicted octanol–water partition coefficient (Wildman–Crippen LogP) is 6.36. The molecule has 0 bridgehead atoms. The van der Waals surface area contributed by atoms with Gasteiger partial charge in [0.2, 0.25) is 15.9 Å². The summed E-state index contributed by atoms with van der Waals surface area (Å²) < 4.78 is 105. The summed E-state index contributed by atoms with van der Waals surface area (Å²) in [5, 5.41) is 8.48. The minimum absolute atomic E-state index is 0.145. The summed E-state index contributed by atoms with van der Waals surface area (Å²) in [6.07, 6.45) is 1.88. The monoisotopic (exact) mass is 743 g/mol. The number of carbonyl (C=O) groups is 2. The molecule has 1 saturated heterocycles. The zero-order chi connectivity index (χ0) is 37.4. The standard InChI is InChI=1S/C33H41F2N3O5S.C2HF3O2/c1-2-3-19-42-28-10-6-7-25(22-28)33(34,35)31(32(39)38-17-15-26(36)16-18-38)37-44(40,41)30-14-12-23-20-29(13-11-24(23)21-30)43-27-8-4-5-9-27;3-2(4,5)1(6)7/h6-7,10-14,20-22,26-27,31,37H,2-5,8-9,15-19,36H2,1H3;(H,6,7). The van der Waals surface area contributed by atoms with Crippen LogP contribution in [0.2, 0.25) is 0 Å². The Morgan fingerprint density at radius 3 is 2.20 bits per heavy atom. The van der Waals surface area contributed by atoms with Crippen LogP contribution >= 0.6 is 0 Å². The minimum atomic E-state index is -5.08. The number of nitrogens with two attached hydrogens (primary N) is 1. The lowest BCUT2D eigenvalue weighted by Gasteiger charge is -2.35. The number of fused-ring (bicyclic) bond motifs is 1. The SMILES string of the molecule is CCCCOc1cccc(C(F)(F)C(NS(=O)(=O)c2ccc3cc(OC4CCCC4)ccc3c2)C(=O)N2CCC(N)CC2)c1.O=C(O)C(F)(F)F. The molecule has 16 heteroatoms. The first-order chi connectivity index (χ1) is 24.0. The molecule has 1 aliphatic carbocycles. The van der Waals surface area contributed by atoms with Gasteiger partial charge in [0.15, 0.2) is 6.04 Å². The number of carboxylic acids is 1. The highest BCUT2D eigenvalue weighted by Gasteiger charge is 2.50. The Bertz CT molecular complexity index is 1760. The van der Waals surface area contributed by atoms with E-state index in [4.69, 9.17) is 25.1 Å². The molecule has 1 amide bonds. The van der Waals surface area contributed by atoms with E-state index in [0.717, 1.165) is 50.0 Å². The van der Waals surface area contributed by atoms with E-state index >= 15 is 8.78 Å². The minimum Gasteiger partial charge on any atom is -0.494 e. The van der Waals surface area contributed by atoms with Crippen molar-refractivity contribution in [2.75, 3.05) is 19.7 Å². The number of nitrogens with zero attached hydrogens (tertiary/aromatic N) is 1. The lowest BCUT2D eigenvalue weighted by atomic mass is 9.98. The van der Waals surface area contributed by atoms with Gasteiger partial charge in [-0.1, -0.05) is 37.6 Å². The number of halogens is 5.